The molecule has 24 heavy (non-hydrogen) atoms. The fraction of sp³-hybridized carbons (Fsp3) is 0.278. The van der Waals surface area contributed by atoms with Gasteiger partial charge < -0.3 is 14.7 Å². The largest absolute Gasteiger partial charge is 0.478 e. The first-order chi connectivity index (χ1) is 11.6. The summed E-state index contributed by atoms with van der Waals surface area (Å²) in [5.74, 6) is -1.16. The van der Waals surface area contributed by atoms with Gasteiger partial charge >= 0.3 is 12.1 Å². The Hall–Kier alpha value is -2.89. The lowest BCUT2D eigenvalue weighted by Gasteiger charge is -2.20. The molecule has 1 amide bonds. The van der Waals surface area contributed by atoms with Crippen LogP contribution < -0.4 is 0 Å². The van der Waals surface area contributed by atoms with E-state index in [0.29, 0.717) is 13.0 Å². The van der Waals surface area contributed by atoms with E-state index >= 15 is 0 Å². The molecular weight excluding hydrogens is 308 g/mol. The molecule has 0 spiro atoms. The zero-order chi connectivity index (χ0) is 17.4. The molecule has 1 heterocycles. The van der Waals surface area contributed by atoms with Crippen LogP contribution in [0.3, 0.4) is 0 Å². The van der Waals surface area contributed by atoms with Gasteiger partial charge in [0.2, 0.25) is 6.10 Å². The van der Waals surface area contributed by atoms with Crippen LogP contribution in [0.15, 0.2) is 54.7 Å². The Bertz CT molecular complexity index is 661. The highest BCUT2D eigenvalue weighted by Crippen LogP contribution is 2.08. The van der Waals surface area contributed by atoms with Crippen molar-refractivity contribution in [3.05, 3.63) is 66.0 Å². The van der Waals surface area contributed by atoms with E-state index < -0.39 is 18.2 Å². The number of aliphatic carboxylic acids is 1. The summed E-state index contributed by atoms with van der Waals surface area (Å²) in [5.41, 5.74) is 1.66. The van der Waals surface area contributed by atoms with Crippen molar-refractivity contribution in [1.29, 1.82) is 0 Å². The molecule has 2 aromatic rings. The molecule has 0 aliphatic carbocycles. The van der Waals surface area contributed by atoms with Crippen molar-refractivity contribution < 1.29 is 19.4 Å². The van der Waals surface area contributed by atoms with Crippen molar-refractivity contribution in [3.63, 3.8) is 0 Å². The van der Waals surface area contributed by atoms with Gasteiger partial charge in [0.1, 0.15) is 0 Å². The number of amides is 1. The summed E-state index contributed by atoms with van der Waals surface area (Å²) in [6.07, 6.45) is 0.527. The van der Waals surface area contributed by atoms with Crippen LogP contribution in [-0.4, -0.2) is 46.7 Å². The Morgan fingerprint density at radius 1 is 1.17 bits per heavy atom. The number of carbonyl (C=O) groups excluding carboxylic acids is 1. The molecule has 0 bridgehead atoms. The van der Waals surface area contributed by atoms with Crippen LogP contribution in [0.5, 0.6) is 0 Å². The third-order valence-electron chi connectivity index (χ3n) is 3.52. The van der Waals surface area contributed by atoms with Crippen molar-refractivity contribution in [3.8, 4) is 0 Å². The third kappa shape index (κ3) is 5.39. The van der Waals surface area contributed by atoms with Crippen molar-refractivity contribution in [1.82, 2.24) is 9.88 Å². The monoisotopic (exact) mass is 328 g/mol. The van der Waals surface area contributed by atoms with Gasteiger partial charge in [0.25, 0.3) is 0 Å². The fourth-order valence-corrected chi connectivity index (χ4v) is 2.14. The summed E-state index contributed by atoms with van der Waals surface area (Å²) >= 11 is 0. The number of aromatic nitrogens is 1. The molecule has 1 aromatic carbocycles. The smallest absolute Gasteiger partial charge is 0.410 e. The normalized spacial score (nSPS) is 11.5. The Balaban J connectivity index is 1.88. The molecule has 0 saturated heterocycles. The maximum Gasteiger partial charge on any atom is 0.410 e. The molecule has 1 aromatic heterocycles. The molecule has 0 radical (unpaired) electrons. The standard InChI is InChI=1S/C18H20N2O4/c1-20(12-10-15-9-5-6-11-19-15)18(23)24-16(17(21)22)13-14-7-3-2-4-8-14/h2-9,11,16H,10,12-13H2,1H3,(H,21,22)/t16-/m0/s1. The van der Waals surface area contributed by atoms with Crippen LogP contribution in [0.1, 0.15) is 11.3 Å². The molecule has 126 valence electrons. The van der Waals surface area contributed by atoms with Gasteiger partial charge in [-0.2, -0.15) is 0 Å². The number of rotatable bonds is 7. The van der Waals surface area contributed by atoms with Gasteiger partial charge in [0.15, 0.2) is 0 Å². The molecule has 0 unspecified atom stereocenters. The second kappa shape index (κ2) is 8.67. The van der Waals surface area contributed by atoms with Crippen LogP contribution in [0.4, 0.5) is 4.79 Å². The first kappa shape index (κ1) is 17.5. The van der Waals surface area contributed by atoms with Crippen molar-refractivity contribution in [2.75, 3.05) is 13.6 Å². The maximum absolute atomic E-state index is 12.1. The number of likely N-dealkylation sites (N-methyl/N-ethyl adjacent to an activating group) is 1. The third-order valence-corrected chi connectivity index (χ3v) is 3.52. The Labute approximate surface area is 140 Å². The van der Waals surface area contributed by atoms with E-state index in [1.54, 1.807) is 25.4 Å². The van der Waals surface area contributed by atoms with Gasteiger partial charge in [-0.15, -0.1) is 0 Å². The predicted molar refractivity (Wildman–Crippen MR) is 88.6 cm³/mol. The highest BCUT2D eigenvalue weighted by Gasteiger charge is 2.24. The van der Waals surface area contributed by atoms with Crippen LogP contribution in [0.25, 0.3) is 0 Å². The lowest BCUT2D eigenvalue weighted by molar-refractivity contribution is -0.147. The Morgan fingerprint density at radius 3 is 2.50 bits per heavy atom. The summed E-state index contributed by atoms with van der Waals surface area (Å²) < 4.78 is 5.13. The van der Waals surface area contributed by atoms with Crippen molar-refractivity contribution in [2.45, 2.75) is 18.9 Å². The highest BCUT2D eigenvalue weighted by atomic mass is 16.6. The summed E-state index contributed by atoms with van der Waals surface area (Å²) in [4.78, 5) is 29.0. The van der Waals surface area contributed by atoms with Gasteiger partial charge in [-0.3, -0.25) is 4.98 Å². The van der Waals surface area contributed by atoms with E-state index in [1.807, 2.05) is 36.4 Å². The molecule has 6 heteroatoms. The van der Waals surface area contributed by atoms with E-state index in [0.717, 1.165) is 11.3 Å². The maximum atomic E-state index is 12.1. The summed E-state index contributed by atoms with van der Waals surface area (Å²) in [6.45, 7) is 0.396. The molecule has 2 rings (SSSR count). The lowest BCUT2D eigenvalue weighted by Crippen LogP contribution is -2.36. The number of ether oxygens (including phenoxy) is 1. The first-order valence-corrected chi connectivity index (χ1v) is 7.64. The molecule has 0 aliphatic heterocycles. The second-order valence-electron chi connectivity index (χ2n) is 5.39. The van der Waals surface area contributed by atoms with Gasteiger partial charge in [0, 0.05) is 38.3 Å². The number of pyridine rings is 1. The van der Waals surface area contributed by atoms with Crippen molar-refractivity contribution >= 4 is 12.1 Å². The number of benzene rings is 1. The summed E-state index contributed by atoms with van der Waals surface area (Å²) in [7, 11) is 1.58. The van der Waals surface area contributed by atoms with Crippen LogP contribution in [0.2, 0.25) is 0 Å². The summed E-state index contributed by atoms with van der Waals surface area (Å²) in [5, 5.41) is 9.27. The van der Waals surface area contributed by atoms with Gasteiger partial charge in [-0.1, -0.05) is 36.4 Å². The second-order valence-corrected chi connectivity index (χ2v) is 5.39. The SMILES string of the molecule is CN(CCc1ccccn1)C(=O)O[C@@H](Cc1ccccc1)C(=O)O. The van der Waals surface area contributed by atoms with Crippen LogP contribution in [-0.2, 0) is 22.4 Å². The zero-order valence-corrected chi connectivity index (χ0v) is 13.5. The lowest BCUT2D eigenvalue weighted by atomic mass is 10.1. The van der Waals surface area contributed by atoms with Gasteiger partial charge in [-0.25, -0.2) is 9.59 Å². The molecule has 1 N–H and O–H groups in total. The van der Waals surface area contributed by atoms with E-state index in [4.69, 9.17) is 4.74 Å². The van der Waals surface area contributed by atoms with Crippen LogP contribution in [0, 0.1) is 0 Å². The average molecular weight is 328 g/mol. The highest BCUT2D eigenvalue weighted by molar-refractivity contribution is 5.77. The van der Waals surface area contributed by atoms with E-state index in [2.05, 4.69) is 4.98 Å². The molecule has 0 aliphatic rings. The summed E-state index contributed by atoms with van der Waals surface area (Å²) in [6, 6.07) is 14.6. The molecule has 6 nitrogen and oxygen atoms in total. The molecule has 0 saturated carbocycles. The number of hydrogen-bond acceptors (Lipinski definition) is 4. The fourth-order valence-electron chi connectivity index (χ4n) is 2.14. The zero-order valence-electron chi connectivity index (χ0n) is 13.5. The minimum atomic E-state index is -1.21. The van der Waals surface area contributed by atoms with Crippen molar-refractivity contribution in [2.24, 2.45) is 0 Å². The number of carboxylic acid groups (broad SMARTS) is 1. The minimum absolute atomic E-state index is 0.135. The number of carbonyl (C=O) groups is 2. The van der Waals surface area contributed by atoms with Crippen LogP contribution >= 0.6 is 0 Å². The average Bonchev–Trinajstić information content (AvgIpc) is 2.60. The number of nitrogens with zero attached hydrogens (tertiary/aromatic N) is 2. The Morgan fingerprint density at radius 2 is 1.88 bits per heavy atom. The van der Waals surface area contributed by atoms with E-state index in [-0.39, 0.29) is 6.42 Å². The van der Waals surface area contributed by atoms with E-state index in [9.17, 15) is 14.7 Å². The first-order valence-electron chi connectivity index (χ1n) is 7.64. The minimum Gasteiger partial charge on any atom is -0.478 e. The number of carboxylic acids is 1. The molecule has 0 fully saturated rings. The van der Waals surface area contributed by atoms with E-state index in [1.165, 1.54) is 4.90 Å². The quantitative estimate of drug-likeness (QED) is 0.844. The Kier molecular flexibility index (Phi) is 6.31. The molecular formula is C18H20N2O4. The predicted octanol–water partition coefficient (Wildman–Crippen LogP) is 2.39. The van der Waals surface area contributed by atoms with Gasteiger partial charge in [-0.05, 0) is 17.7 Å². The topological polar surface area (TPSA) is 79.7 Å². The van der Waals surface area contributed by atoms with Gasteiger partial charge in [0.05, 0.1) is 0 Å². The molecule has 1 atom stereocenters. The number of hydrogen-bond donors (Lipinski definition) is 1.